The number of hydrogen-bond acceptors (Lipinski definition) is 13. The molecule has 74 heavy (non-hydrogen) atoms. The molecule has 436 valence electrons. The van der Waals surface area contributed by atoms with E-state index in [2.05, 4.69) is 31.3 Å². The number of carbonyl (C=O) groups is 1. The zero-order valence-electron chi connectivity index (χ0n) is 46.8. The minimum Gasteiger partial charge on any atom is -0.394 e. The van der Waals surface area contributed by atoms with Crippen molar-refractivity contribution >= 4 is 5.91 Å². The number of aliphatic hydroxyl groups excluding tert-OH is 8. The molecule has 2 fully saturated rings. The number of ether oxygens (including phenoxy) is 4. The van der Waals surface area contributed by atoms with Crippen LogP contribution in [0.5, 0.6) is 0 Å². The van der Waals surface area contributed by atoms with Gasteiger partial charge in [0.05, 0.1) is 32.0 Å². The summed E-state index contributed by atoms with van der Waals surface area (Å²) in [7, 11) is 0. The van der Waals surface area contributed by atoms with Crippen molar-refractivity contribution in [3.05, 3.63) is 24.3 Å². The Hall–Kier alpha value is -1.53. The van der Waals surface area contributed by atoms with Crippen LogP contribution in [0.4, 0.5) is 0 Å². The van der Waals surface area contributed by atoms with E-state index in [1.807, 2.05) is 6.08 Å². The van der Waals surface area contributed by atoms with Crippen molar-refractivity contribution in [3.63, 3.8) is 0 Å². The van der Waals surface area contributed by atoms with Crippen molar-refractivity contribution in [2.75, 3.05) is 19.8 Å². The standard InChI is InChI=1S/C60H113NO13/c1-3-5-7-9-11-13-14-15-16-17-18-19-20-21-22-23-24-25-26-27-28-29-30-31-32-33-34-35-36-37-39-41-43-49(64)48(61-52(65)44-42-40-38-12-10-8-6-4-2)47-71-59-57(70)55(68)58(51(46-63)73-59)74-60-56(69)54(67)53(66)50(45-62)72-60/h35-36,41,43,48-51,53-60,62-64,66-70H,3-34,37-40,42,44-47H2,1-2H3,(H,61,65)/b36-35+,43-41+. The second-order valence-electron chi connectivity index (χ2n) is 21.8. The number of allylic oxidation sites excluding steroid dienone is 3. The third kappa shape index (κ3) is 31.8. The van der Waals surface area contributed by atoms with E-state index >= 15 is 0 Å². The van der Waals surface area contributed by atoms with Gasteiger partial charge >= 0.3 is 0 Å². The van der Waals surface area contributed by atoms with Crippen molar-refractivity contribution in [3.8, 4) is 0 Å². The van der Waals surface area contributed by atoms with Gasteiger partial charge < -0.3 is 65.1 Å². The van der Waals surface area contributed by atoms with E-state index in [9.17, 15) is 45.6 Å². The molecule has 2 aliphatic rings. The van der Waals surface area contributed by atoms with Crippen molar-refractivity contribution in [1.29, 1.82) is 0 Å². The molecule has 14 nitrogen and oxygen atoms in total. The second-order valence-corrected chi connectivity index (χ2v) is 21.8. The monoisotopic (exact) mass is 1060 g/mol. The Morgan fingerprint density at radius 2 is 0.865 bits per heavy atom. The van der Waals surface area contributed by atoms with Crippen LogP contribution in [0, 0.1) is 0 Å². The van der Waals surface area contributed by atoms with Gasteiger partial charge in [-0.2, -0.15) is 0 Å². The van der Waals surface area contributed by atoms with Gasteiger partial charge in [0.2, 0.25) is 5.91 Å². The van der Waals surface area contributed by atoms with Gasteiger partial charge in [-0.3, -0.25) is 4.79 Å². The highest BCUT2D eigenvalue weighted by Crippen LogP contribution is 2.30. The number of rotatable bonds is 49. The first-order chi connectivity index (χ1) is 36.1. The highest BCUT2D eigenvalue weighted by molar-refractivity contribution is 5.76. The molecule has 12 atom stereocenters. The van der Waals surface area contributed by atoms with E-state index in [-0.39, 0.29) is 18.9 Å². The summed E-state index contributed by atoms with van der Waals surface area (Å²) in [5.74, 6) is -0.252. The van der Waals surface area contributed by atoms with E-state index in [0.29, 0.717) is 12.8 Å². The minimum absolute atomic E-state index is 0.252. The molecule has 0 bridgehead atoms. The third-order valence-corrected chi connectivity index (χ3v) is 15.1. The highest BCUT2D eigenvalue weighted by atomic mass is 16.7. The lowest BCUT2D eigenvalue weighted by atomic mass is 9.97. The SMILES string of the molecule is CCCCCCCCCCCCCCCCCCCCCCCCCCCC/C=C/CC/C=C/C(O)C(COC1OC(CO)C(OC2OC(CO)C(O)C(O)C2O)C(O)C1O)NC(=O)CCCCCCCCCC. The fourth-order valence-electron chi connectivity index (χ4n) is 10.2. The van der Waals surface area contributed by atoms with Crippen LogP contribution in [-0.2, 0) is 23.7 Å². The van der Waals surface area contributed by atoms with E-state index < -0.39 is 86.8 Å². The normalized spacial score (nSPS) is 25.3. The molecular formula is C60H113NO13. The van der Waals surface area contributed by atoms with Crippen molar-refractivity contribution in [2.24, 2.45) is 0 Å². The molecule has 0 aromatic rings. The van der Waals surface area contributed by atoms with Gasteiger partial charge in [0, 0.05) is 6.42 Å². The number of unbranched alkanes of at least 4 members (excludes halogenated alkanes) is 34. The fraction of sp³-hybridized carbons (Fsp3) is 0.917. The van der Waals surface area contributed by atoms with Gasteiger partial charge in [0.1, 0.15) is 48.8 Å². The summed E-state index contributed by atoms with van der Waals surface area (Å²) < 4.78 is 22.7. The molecular weight excluding hydrogens is 943 g/mol. The lowest BCUT2D eigenvalue weighted by Crippen LogP contribution is -2.65. The van der Waals surface area contributed by atoms with Gasteiger partial charge in [0.15, 0.2) is 12.6 Å². The molecule has 0 saturated carbocycles. The molecule has 2 saturated heterocycles. The largest absolute Gasteiger partial charge is 0.394 e. The molecule has 0 radical (unpaired) electrons. The Balaban J connectivity index is 1.63. The summed E-state index contributed by atoms with van der Waals surface area (Å²) >= 11 is 0. The quantitative estimate of drug-likeness (QED) is 0.0204. The molecule has 0 aromatic heterocycles. The van der Waals surface area contributed by atoms with Crippen LogP contribution in [0.1, 0.15) is 258 Å². The number of nitrogens with one attached hydrogen (secondary N) is 1. The summed E-state index contributed by atoms with van der Waals surface area (Å²) in [6.45, 7) is 2.75. The van der Waals surface area contributed by atoms with E-state index in [1.165, 1.54) is 193 Å². The maximum absolute atomic E-state index is 13.1. The number of hydrogen-bond donors (Lipinski definition) is 9. The molecule has 0 spiro atoms. The van der Waals surface area contributed by atoms with Gasteiger partial charge in [-0.1, -0.05) is 244 Å². The molecule has 1 amide bonds. The van der Waals surface area contributed by atoms with Crippen molar-refractivity contribution in [1.82, 2.24) is 5.32 Å². The Labute approximate surface area is 449 Å². The lowest BCUT2D eigenvalue weighted by molar-refractivity contribution is -0.359. The van der Waals surface area contributed by atoms with Crippen LogP contribution < -0.4 is 5.32 Å². The molecule has 0 aliphatic carbocycles. The fourth-order valence-corrected chi connectivity index (χ4v) is 10.2. The van der Waals surface area contributed by atoms with Gasteiger partial charge in [-0.15, -0.1) is 0 Å². The number of aliphatic hydroxyl groups is 8. The summed E-state index contributed by atoms with van der Waals surface area (Å²) in [6, 6.07) is -0.926. The van der Waals surface area contributed by atoms with Crippen molar-refractivity contribution < 1.29 is 64.6 Å². The van der Waals surface area contributed by atoms with Crippen LogP contribution in [0.3, 0.4) is 0 Å². The van der Waals surface area contributed by atoms with E-state index in [0.717, 1.165) is 32.1 Å². The Morgan fingerprint density at radius 3 is 1.32 bits per heavy atom. The average molecular weight is 1060 g/mol. The predicted octanol–water partition coefficient (Wildman–Crippen LogP) is 10.4. The van der Waals surface area contributed by atoms with Crippen LogP contribution in [0.25, 0.3) is 0 Å². The smallest absolute Gasteiger partial charge is 0.220 e. The first-order valence-corrected chi connectivity index (χ1v) is 30.6. The minimum atomic E-state index is -1.79. The van der Waals surface area contributed by atoms with Crippen molar-refractivity contribution in [2.45, 2.75) is 331 Å². The van der Waals surface area contributed by atoms with E-state index in [1.54, 1.807) is 6.08 Å². The zero-order valence-corrected chi connectivity index (χ0v) is 46.8. The van der Waals surface area contributed by atoms with Gasteiger partial charge in [0.25, 0.3) is 0 Å². The Bertz CT molecular complexity index is 1340. The molecule has 9 N–H and O–H groups in total. The first-order valence-electron chi connectivity index (χ1n) is 30.6. The molecule has 14 heteroatoms. The Morgan fingerprint density at radius 1 is 0.473 bits per heavy atom. The Kier molecular flexibility index (Phi) is 43.0. The predicted molar refractivity (Wildman–Crippen MR) is 295 cm³/mol. The summed E-state index contributed by atoms with van der Waals surface area (Å²) in [5.41, 5.74) is 0. The van der Waals surface area contributed by atoms with Crippen LogP contribution in [-0.4, -0.2) is 140 Å². The molecule has 2 aliphatic heterocycles. The average Bonchev–Trinajstić information content (AvgIpc) is 3.40. The number of carbonyl (C=O) groups excluding carboxylic acids is 1. The van der Waals surface area contributed by atoms with Crippen LogP contribution in [0.15, 0.2) is 24.3 Å². The maximum Gasteiger partial charge on any atom is 0.220 e. The third-order valence-electron chi connectivity index (χ3n) is 15.1. The first kappa shape index (κ1) is 68.6. The topological polar surface area (TPSA) is 228 Å². The zero-order chi connectivity index (χ0) is 53.9. The lowest BCUT2D eigenvalue weighted by Gasteiger charge is -2.46. The van der Waals surface area contributed by atoms with Gasteiger partial charge in [-0.05, 0) is 32.1 Å². The van der Waals surface area contributed by atoms with E-state index in [4.69, 9.17) is 18.9 Å². The molecule has 2 rings (SSSR count). The summed E-state index contributed by atoms with van der Waals surface area (Å²) in [4.78, 5) is 13.1. The highest BCUT2D eigenvalue weighted by Gasteiger charge is 2.51. The summed E-state index contributed by atoms with van der Waals surface area (Å²) in [6.07, 6.45) is 38.6. The molecule has 2 heterocycles. The summed E-state index contributed by atoms with van der Waals surface area (Å²) in [5, 5.41) is 86.8. The van der Waals surface area contributed by atoms with Gasteiger partial charge in [-0.25, -0.2) is 0 Å². The molecule has 0 aromatic carbocycles. The maximum atomic E-state index is 13.1. The van der Waals surface area contributed by atoms with Crippen LogP contribution >= 0.6 is 0 Å². The second kappa shape index (κ2) is 46.4. The molecule has 12 unspecified atom stereocenters. The van der Waals surface area contributed by atoms with Crippen LogP contribution in [0.2, 0.25) is 0 Å². The number of amides is 1.